The average Bonchev–Trinajstić information content (AvgIpc) is 3.61. The predicted octanol–water partition coefficient (Wildman–Crippen LogP) is 4.00. The van der Waals surface area contributed by atoms with Crippen LogP contribution < -0.4 is 5.32 Å². The number of ether oxygens (including phenoxy) is 1. The molecule has 0 radical (unpaired) electrons. The molecule has 0 aliphatic carbocycles. The molecule has 42 heavy (non-hydrogen) atoms. The van der Waals surface area contributed by atoms with Crippen molar-refractivity contribution >= 4 is 23.3 Å². The van der Waals surface area contributed by atoms with E-state index in [0.29, 0.717) is 43.0 Å². The summed E-state index contributed by atoms with van der Waals surface area (Å²) in [5.41, 5.74) is 3.27. The van der Waals surface area contributed by atoms with Crippen molar-refractivity contribution in [2.75, 3.05) is 32.1 Å². The molecule has 2 amide bonds. The molecule has 214 valence electrons. The van der Waals surface area contributed by atoms with Crippen molar-refractivity contribution in [1.29, 1.82) is 0 Å². The molecule has 1 saturated heterocycles. The quantitative estimate of drug-likeness (QED) is 0.293. The highest BCUT2D eigenvalue weighted by molar-refractivity contribution is 6.03. The lowest BCUT2D eigenvalue weighted by Crippen LogP contribution is -2.40. The second kappa shape index (κ2) is 11.4. The molecule has 11 nitrogen and oxygen atoms in total. The van der Waals surface area contributed by atoms with E-state index in [-0.39, 0.29) is 35.8 Å². The van der Waals surface area contributed by atoms with E-state index in [1.165, 1.54) is 36.0 Å². The minimum atomic E-state index is -0.759. The Bertz CT molecular complexity index is 1760. The van der Waals surface area contributed by atoms with Crippen LogP contribution in [-0.2, 0) is 9.53 Å². The standard InChI is InChI=1S/C29H26F2N8O3/c1-42-16-26(40)37-12-9-21(10-13-37)38-17-33-27(18-2-4-20(30)5-3-18)28(38)22-6-7-25-34-24(15-39(25)36-22)35-29(41)19-8-11-32-23(31)14-19/h2-8,11,14-15,17,21H,9-10,12-13,16H2,1H3,(H,35,41). The van der Waals surface area contributed by atoms with Gasteiger partial charge in [-0.3, -0.25) is 9.59 Å². The van der Waals surface area contributed by atoms with Gasteiger partial charge in [-0.25, -0.2) is 23.9 Å². The molecule has 0 spiro atoms. The van der Waals surface area contributed by atoms with Crippen LogP contribution in [0.4, 0.5) is 14.6 Å². The lowest BCUT2D eigenvalue weighted by molar-refractivity contribution is -0.136. The number of carbonyl (C=O) groups excluding carboxylic acids is 2. The van der Waals surface area contributed by atoms with Crippen molar-refractivity contribution in [3.8, 4) is 22.6 Å². The van der Waals surface area contributed by atoms with E-state index in [0.717, 1.165) is 17.3 Å². The van der Waals surface area contributed by atoms with Gasteiger partial charge in [0.15, 0.2) is 11.5 Å². The first-order chi connectivity index (χ1) is 20.4. The van der Waals surface area contributed by atoms with Crippen LogP contribution in [0.5, 0.6) is 0 Å². The van der Waals surface area contributed by atoms with Gasteiger partial charge in [-0.15, -0.1) is 0 Å². The molecule has 13 heteroatoms. The number of nitrogens with zero attached hydrogens (tertiary/aromatic N) is 7. The zero-order valence-electron chi connectivity index (χ0n) is 22.6. The van der Waals surface area contributed by atoms with Gasteiger partial charge in [0.25, 0.3) is 5.91 Å². The number of carbonyl (C=O) groups is 2. The molecule has 0 unspecified atom stereocenters. The summed E-state index contributed by atoms with van der Waals surface area (Å²) in [4.78, 5) is 39.3. The maximum atomic E-state index is 13.7. The molecule has 4 aromatic heterocycles. The highest BCUT2D eigenvalue weighted by Gasteiger charge is 2.27. The Morgan fingerprint density at radius 2 is 1.83 bits per heavy atom. The van der Waals surface area contributed by atoms with E-state index in [4.69, 9.17) is 14.8 Å². The Labute approximate surface area is 238 Å². The maximum absolute atomic E-state index is 13.7. The van der Waals surface area contributed by atoms with Crippen molar-refractivity contribution in [3.63, 3.8) is 0 Å². The van der Waals surface area contributed by atoms with Gasteiger partial charge in [-0.05, 0) is 55.3 Å². The number of halogens is 2. The minimum Gasteiger partial charge on any atom is -0.375 e. The van der Waals surface area contributed by atoms with Crippen LogP contribution in [0.25, 0.3) is 28.3 Å². The zero-order chi connectivity index (χ0) is 29.2. The zero-order valence-corrected chi connectivity index (χ0v) is 22.6. The van der Waals surface area contributed by atoms with Crippen molar-refractivity contribution in [3.05, 3.63) is 84.6 Å². The first-order valence-electron chi connectivity index (χ1n) is 13.3. The van der Waals surface area contributed by atoms with Gasteiger partial charge in [-0.2, -0.15) is 9.49 Å². The first-order valence-corrected chi connectivity index (χ1v) is 13.3. The summed E-state index contributed by atoms with van der Waals surface area (Å²) in [7, 11) is 1.50. The molecule has 1 aromatic carbocycles. The summed E-state index contributed by atoms with van der Waals surface area (Å²) >= 11 is 0. The topological polar surface area (TPSA) is 120 Å². The number of nitrogens with one attached hydrogen (secondary N) is 1. The van der Waals surface area contributed by atoms with Gasteiger partial charge in [0.05, 0.1) is 23.9 Å². The Kier molecular flexibility index (Phi) is 7.40. The van der Waals surface area contributed by atoms with E-state index in [1.807, 2.05) is 6.07 Å². The third-order valence-corrected chi connectivity index (χ3v) is 7.18. The van der Waals surface area contributed by atoms with E-state index in [2.05, 4.69) is 19.9 Å². The van der Waals surface area contributed by atoms with Gasteiger partial charge in [0, 0.05) is 49.6 Å². The second-order valence-electron chi connectivity index (χ2n) is 9.87. The number of piperidine rings is 1. The van der Waals surface area contributed by atoms with Crippen LogP contribution in [-0.4, -0.2) is 72.7 Å². The number of fused-ring (bicyclic) bond motifs is 1. The second-order valence-corrected chi connectivity index (χ2v) is 9.87. The summed E-state index contributed by atoms with van der Waals surface area (Å²) in [6.45, 7) is 1.20. The summed E-state index contributed by atoms with van der Waals surface area (Å²) < 4.78 is 35.8. The molecular weight excluding hydrogens is 546 g/mol. The van der Waals surface area contributed by atoms with Crippen LogP contribution in [0.3, 0.4) is 0 Å². The van der Waals surface area contributed by atoms with Gasteiger partial charge in [0.1, 0.15) is 18.1 Å². The van der Waals surface area contributed by atoms with Crippen molar-refractivity contribution in [1.82, 2.24) is 34.0 Å². The lowest BCUT2D eigenvalue weighted by Gasteiger charge is -2.33. The number of rotatable bonds is 7. The van der Waals surface area contributed by atoms with Crippen molar-refractivity contribution in [2.45, 2.75) is 18.9 Å². The van der Waals surface area contributed by atoms with Crippen LogP contribution in [0, 0.1) is 11.8 Å². The van der Waals surface area contributed by atoms with Crippen LogP contribution >= 0.6 is 0 Å². The number of amides is 2. The minimum absolute atomic E-state index is 0.0435. The molecule has 1 N–H and O–H groups in total. The summed E-state index contributed by atoms with van der Waals surface area (Å²) in [6, 6.07) is 12.2. The van der Waals surface area contributed by atoms with E-state index < -0.39 is 11.9 Å². The third-order valence-electron chi connectivity index (χ3n) is 7.18. The fourth-order valence-corrected chi connectivity index (χ4v) is 5.12. The number of hydrogen-bond donors (Lipinski definition) is 1. The number of hydrogen-bond acceptors (Lipinski definition) is 7. The molecule has 1 fully saturated rings. The molecule has 0 saturated carbocycles. The largest absolute Gasteiger partial charge is 0.375 e. The van der Waals surface area contributed by atoms with Crippen molar-refractivity contribution in [2.24, 2.45) is 0 Å². The Balaban J connectivity index is 1.33. The number of benzene rings is 1. The van der Waals surface area contributed by atoms with Gasteiger partial charge in [-0.1, -0.05) is 0 Å². The van der Waals surface area contributed by atoms with Gasteiger partial charge >= 0.3 is 0 Å². The number of methoxy groups -OCH3 is 1. The lowest BCUT2D eigenvalue weighted by atomic mass is 10.0. The van der Waals surface area contributed by atoms with Crippen LogP contribution in [0.2, 0.25) is 0 Å². The SMILES string of the molecule is COCC(=O)N1CCC(n2cnc(-c3ccc(F)cc3)c2-c2ccc3nc(NC(=O)c4ccnc(F)c4)cn3n2)CC1. The average molecular weight is 573 g/mol. The fourth-order valence-electron chi connectivity index (χ4n) is 5.12. The number of imidazole rings is 2. The maximum Gasteiger partial charge on any atom is 0.257 e. The van der Waals surface area contributed by atoms with Crippen LogP contribution in [0.1, 0.15) is 29.2 Å². The van der Waals surface area contributed by atoms with E-state index >= 15 is 0 Å². The Hall–Kier alpha value is -5.04. The Morgan fingerprint density at radius 1 is 1.05 bits per heavy atom. The molecule has 6 rings (SSSR count). The van der Waals surface area contributed by atoms with Crippen molar-refractivity contribution < 1.29 is 23.1 Å². The number of likely N-dealkylation sites (tertiary alicyclic amines) is 1. The smallest absolute Gasteiger partial charge is 0.257 e. The van der Waals surface area contributed by atoms with E-state index in [1.54, 1.807) is 35.6 Å². The summed E-state index contributed by atoms with van der Waals surface area (Å²) in [5, 5.41) is 7.43. The molecule has 0 bridgehead atoms. The molecular formula is C29H26F2N8O3. The summed E-state index contributed by atoms with van der Waals surface area (Å²) in [6.07, 6.45) is 5.95. The highest BCUT2D eigenvalue weighted by atomic mass is 19.1. The first kappa shape index (κ1) is 27.1. The van der Waals surface area contributed by atoms with Gasteiger partial charge in [0.2, 0.25) is 11.9 Å². The molecule has 1 aliphatic heterocycles. The molecule has 0 atom stereocenters. The summed E-state index contributed by atoms with van der Waals surface area (Å²) in [5.74, 6) is -1.45. The Morgan fingerprint density at radius 3 is 2.57 bits per heavy atom. The number of anilines is 1. The number of aromatic nitrogens is 6. The molecule has 5 heterocycles. The third kappa shape index (κ3) is 5.46. The normalized spacial score (nSPS) is 13.9. The van der Waals surface area contributed by atoms with E-state index in [9.17, 15) is 18.4 Å². The van der Waals surface area contributed by atoms with Gasteiger partial charge < -0.3 is 19.5 Å². The number of pyridine rings is 1. The molecule has 1 aliphatic rings. The molecule has 5 aromatic rings. The monoisotopic (exact) mass is 572 g/mol. The predicted molar refractivity (Wildman–Crippen MR) is 148 cm³/mol. The fraction of sp³-hybridized carbons (Fsp3) is 0.241. The van der Waals surface area contributed by atoms with Crippen LogP contribution in [0.15, 0.2) is 67.3 Å². The highest BCUT2D eigenvalue weighted by Crippen LogP contribution is 2.35.